The lowest BCUT2D eigenvalue weighted by molar-refractivity contribution is 0.102. The van der Waals surface area contributed by atoms with E-state index in [1.807, 2.05) is 36.4 Å². The molecule has 0 unspecified atom stereocenters. The zero-order valence-corrected chi connectivity index (χ0v) is 14.5. The van der Waals surface area contributed by atoms with Crippen molar-refractivity contribution in [1.82, 2.24) is 0 Å². The number of carbonyl (C=O) groups is 1. The minimum absolute atomic E-state index is 0.0806. The SMILES string of the molecule is CP(C)(=O)c1cccc(NC(=O)c2cccc3c2CCCC3)c1. The van der Waals surface area contributed by atoms with Gasteiger partial charge in [0.05, 0.1) is 0 Å². The van der Waals surface area contributed by atoms with Gasteiger partial charge in [0.25, 0.3) is 5.91 Å². The van der Waals surface area contributed by atoms with E-state index >= 15 is 0 Å². The molecule has 0 fully saturated rings. The lowest BCUT2D eigenvalue weighted by atomic mass is 9.88. The Morgan fingerprint density at radius 3 is 2.57 bits per heavy atom. The maximum atomic E-state index is 12.7. The minimum Gasteiger partial charge on any atom is -0.322 e. The summed E-state index contributed by atoms with van der Waals surface area (Å²) in [5, 5.41) is 3.74. The monoisotopic (exact) mass is 327 g/mol. The van der Waals surface area contributed by atoms with Gasteiger partial charge in [-0.05, 0) is 68.3 Å². The van der Waals surface area contributed by atoms with E-state index in [0.717, 1.165) is 30.1 Å². The molecule has 0 spiro atoms. The van der Waals surface area contributed by atoms with Crippen LogP contribution in [0.25, 0.3) is 0 Å². The number of fused-ring (bicyclic) bond motifs is 1. The highest BCUT2D eigenvalue weighted by molar-refractivity contribution is 7.70. The van der Waals surface area contributed by atoms with Crippen LogP contribution >= 0.6 is 7.14 Å². The van der Waals surface area contributed by atoms with Crippen LogP contribution in [-0.2, 0) is 17.4 Å². The van der Waals surface area contributed by atoms with Gasteiger partial charge in [0.15, 0.2) is 0 Å². The number of anilines is 1. The van der Waals surface area contributed by atoms with Crippen LogP contribution in [0.1, 0.15) is 34.3 Å². The predicted molar refractivity (Wildman–Crippen MR) is 96.6 cm³/mol. The van der Waals surface area contributed by atoms with E-state index in [-0.39, 0.29) is 5.91 Å². The molecule has 0 saturated heterocycles. The summed E-state index contributed by atoms with van der Waals surface area (Å²) in [4.78, 5) is 12.7. The molecule has 3 nitrogen and oxygen atoms in total. The summed E-state index contributed by atoms with van der Waals surface area (Å²) in [7, 11) is -2.33. The molecule has 1 aliphatic carbocycles. The average molecular weight is 327 g/mol. The molecule has 0 bridgehead atoms. The van der Waals surface area contributed by atoms with Crippen molar-refractivity contribution in [2.45, 2.75) is 25.7 Å². The van der Waals surface area contributed by atoms with Crippen molar-refractivity contribution in [3.8, 4) is 0 Å². The van der Waals surface area contributed by atoms with Crippen LogP contribution in [0.3, 0.4) is 0 Å². The largest absolute Gasteiger partial charge is 0.322 e. The molecule has 0 atom stereocenters. The molecule has 23 heavy (non-hydrogen) atoms. The third-order valence-corrected chi connectivity index (χ3v) is 5.89. The maximum absolute atomic E-state index is 12.7. The van der Waals surface area contributed by atoms with Gasteiger partial charge in [0.2, 0.25) is 0 Å². The molecule has 3 rings (SSSR count). The second-order valence-corrected chi connectivity index (χ2v) is 9.72. The van der Waals surface area contributed by atoms with Crippen molar-refractivity contribution in [3.63, 3.8) is 0 Å². The zero-order valence-electron chi connectivity index (χ0n) is 13.6. The third-order valence-electron chi connectivity index (χ3n) is 4.37. The number of aryl methyl sites for hydroxylation is 1. The molecule has 1 aliphatic rings. The molecule has 0 saturated carbocycles. The maximum Gasteiger partial charge on any atom is 0.255 e. The number of hydrogen-bond acceptors (Lipinski definition) is 2. The van der Waals surface area contributed by atoms with Gasteiger partial charge in [0, 0.05) is 16.6 Å². The highest BCUT2D eigenvalue weighted by Crippen LogP contribution is 2.35. The Morgan fingerprint density at radius 1 is 1.04 bits per heavy atom. The number of hydrogen-bond donors (Lipinski definition) is 1. The fourth-order valence-corrected chi connectivity index (χ4v) is 4.01. The van der Waals surface area contributed by atoms with E-state index in [2.05, 4.69) is 11.4 Å². The number of amides is 1. The van der Waals surface area contributed by atoms with Gasteiger partial charge in [-0.3, -0.25) is 4.79 Å². The van der Waals surface area contributed by atoms with Crippen molar-refractivity contribution in [1.29, 1.82) is 0 Å². The molecule has 4 heteroatoms. The van der Waals surface area contributed by atoms with Crippen molar-refractivity contribution < 1.29 is 9.36 Å². The Bertz CT molecular complexity index is 792. The average Bonchev–Trinajstić information content (AvgIpc) is 2.53. The second kappa shape index (κ2) is 6.33. The molecular formula is C19H22NO2P. The van der Waals surface area contributed by atoms with Crippen LogP contribution in [0.5, 0.6) is 0 Å². The summed E-state index contributed by atoms with van der Waals surface area (Å²) in [5.74, 6) is -0.0806. The Hall–Kier alpha value is -1.86. The van der Waals surface area contributed by atoms with Crippen LogP contribution < -0.4 is 10.6 Å². The quantitative estimate of drug-likeness (QED) is 0.864. The van der Waals surface area contributed by atoms with Gasteiger partial charge in [-0.15, -0.1) is 0 Å². The van der Waals surface area contributed by atoms with E-state index in [9.17, 15) is 9.36 Å². The van der Waals surface area contributed by atoms with E-state index in [1.165, 1.54) is 17.5 Å². The fraction of sp³-hybridized carbons (Fsp3) is 0.316. The van der Waals surface area contributed by atoms with Crippen molar-refractivity contribution >= 4 is 24.0 Å². The summed E-state index contributed by atoms with van der Waals surface area (Å²) in [6.45, 7) is 3.48. The van der Waals surface area contributed by atoms with E-state index in [1.54, 1.807) is 13.3 Å². The lowest BCUT2D eigenvalue weighted by Crippen LogP contribution is -2.18. The summed E-state index contributed by atoms with van der Waals surface area (Å²) >= 11 is 0. The third kappa shape index (κ3) is 3.56. The highest BCUT2D eigenvalue weighted by atomic mass is 31.2. The molecule has 2 aromatic carbocycles. The van der Waals surface area contributed by atoms with Crippen molar-refractivity contribution in [2.75, 3.05) is 18.6 Å². The highest BCUT2D eigenvalue weighted by Gasteiger charge is 2.18. The number of rotatable bonds is 3. The second-order valence-electron chi connectivity index (χ2n) is 6.51. The molecule has 120 valence electrons. The number of nitrogens with one attached hydrogen (secondary N) is 1. The Morgan fingerprint density at radius 2 is 1.78 bits per heavy atom. The van der Waals surface area contributed by atoms with Gasteiger partial charge in [-0.2, -0.15) is 0 Å². The summed E-state index contributed by atoms with van der Waals surface area (Å²) < 4.78 is 12.2. The van der Waals surface area contributed by atoms with Gasteiger partial charge < -0.3 is 9.88 Å². The van der Waals surface area contributed by atoms with Gasteiger partial charge in [-0.1, -0.05) is 24.3 Å². The Kier molecular flexibility index (Phi) is 4.41. The normalized spacial score (nSPS) is 14.2. The Labute approximate surface area is 137 Å². The molecule has 1 amide bonds. The predicted octanol–water partition coefficient (Wildman–Crippen LogP) is 4.07. The fourth-order valence-electron chi connectivity index (χ4n) is 3.11. The van der Waals surface area contributed by atoms with Crippen molar-refractivity contribution in [3.05, 3.63) is 59.2 Å². The number of carbonyl (C=O) groups excluding carboxylic acids is 1. The molecular weight excluding hydrogens is 305 g/mol. The summed E-state index contributed by atoms with van der Waals surface area (Å²) in [6.07, 6.45) is 4.36. The standard InChI is InChI=1S/C19H22NO2P/c1-23(2,22)16-10-6-9-15(13-16)20-19(21)18-12-5-8-14-7-3-4-11-17(14)18/h5-6,8-10,12-13H,3-4,7,11H2,1-2H3,(H,20,21). The Balaban J connectivity index is 1.87. The van der Waals surface area contributed by atoms with E-state index < -0.39 is 7.14 Å². The summed E-state index contributed by atoms with van der Waals surface area (Å²) in [5.41, 5.74) is 3.95. The molecule has 0 aromatic heterocycles. The molecule has 1 N–H and O–H groups in total. The molecule has 0 aliphatic heterocycles. The topological polar surface area (TPSA) is 46.2 Å². The molecule has 2 aromatic rings. The molecule has 0 heterocycles. The smallest absolute Gasteiger partial charge is 0.255 e. The first-order valence-corrected chi connectivity index (χ1v) is 10.6. The zero-order chi connectivity index (χ0) is 16.4. The van der Waals surface area contributed by atoms with Crippen molar-refractivity contribution in [2.24, 2.45) is 0 Å². The number of benzene rings is 2. The van der Waals surface area contributed by atoms with Crippen LogP contribution in [0, 0.1) is 0 Å². The van der Waals surface area contributed by atoms with Crippen LogP contribution in [-0.4, -0.2) is 19.2 Å². The van der Waals surface area contributed by atoms with Crippen LogP contribution in [0.15, 0.2) is 42.5 Å². The molecule has 0 radical (unpaired) electrons. The lowest BCUT2D eigenvalue weighted by Gasteiger charge is -2.19. The van der Waals surface area contributed by atoms with Crippen LogP contribution in [0.4, 0.5) is 5.69 Å². The minimum atomic E-state index is -2.33. The first-order valence-electron chi connectivity index (χ1n) is 8.03. The first-order chi connectivity index (χ1) is 10.9. The van der Waals surface area contributed by atoms with Gasteiger partial charge in [-0.25, -0.2) is 0 Å². The van der Waals surface area contributed by atoms with Crippen LogP contribution in [0.2, 0.25) is 0 Å². The van der Waals surface area contributed by atoms with Gasteiger partial charge >= 0.3 is 0 Å². The summed E-state index contributed by atoms with van der Waals surface area (Å²) in [6, 6.07) is 13.3. The van der Waals surface area contributed by atoms with E-state index in [4.69, 9.17) is 0 Å². The van der Waals surface area contributed by atoms with E-state index in [0.29, 0.717) is 5.69 Å². The van der Waals surface area contributed by atoms with Gasteiger partial charge in [0.1, 0.15) is 7.14 Å². The first kappa shape index (κ1) is 16.0.